The summed E-state index contributed by atoms with van der Waals surface area (Å²) in [6.45, 7) is 7.66. The maximum Gasteiger partial charge on any atom is 0.266 e. The molecule has 2 amide bonds. The third-order valence-electron chi connectivity index (χ3n) is 8.02. The van der Waals surface area contributed by atoms with Crippen LogP contribution in [-0.4, -0.2) is 59.4 Å². The van der Waals surface area contributed by atoms with E-state index >= 15 is 0 Å². The Morgan fingerprint density at radius 3 is 2.42 bits per heavy atom. The number of hydrogen-bond donors (Lipinski definition) is 0. The number of likely N-dealkylation sites (tertiary alicyclic amines) is 1. The molecule has 7 heteroatoms. The van der Waals surface area contributed by atoms with Gasteiger partial charge in [0.1, 0.15) is 5.75 Å². The molecule has 3 fully saturated rings. The molecular weight excluding hydrogens is 542 g/mol. The number of carbonyl (C=O) groups is 2. The van der Waals surface area contributed by atoms with Crippen LogP contribution in [0.25, 0.3) is 0 Å². The monoisotopic (exact) mass is 581 g/mol. The van der Waals surface area contributed by atoms with E-state index in [0.717, 1.165) is 68.3 Å². The third kappa shape index (κ3) is 6.53. The summed E-state index contributed by atoms with van der Waals surface area (Å²) in [5.74, 6) is 1.01. The van der Waals surface area contributed by atoms with Crippen molar-refractivity contribution in [3.05, 3.63) is 58.6 Å². The van der Waals surface area contributed by atoms with Crippen molar-refractivity contribution in [3.8, 4) is 5.75 Å². The predicted octanol–water partition coefficient (Wildman–Crippen LogP) is 6.03. The number of piperidine rings is 2. The molecule has 0 N–H and O–H groups in total. The number of benzene rings is 2. The second kappa shape index (κ2) is 11.7. The molecule has 6 nitrogen and oxygen atoms in total. The fourth-order valence-electron chi connectivity index (χ4n) is 5.77. The van der Waals surface area contributed by atoms with Gasteiger partial charge in [0.05, 0.1) is 5.92 Å². The number of carbonyl (C=O) groups excluding carboxylic acids is 2. The molecule has 2 aliphatic heterocycles. The summed E-state index contributed by atoms with van der Waals surface area (Å²) in [4.78, 5) is 33.2. The summed E-state index contributed by atoms with van der Waals surface area (Å²) in [6, 6.07) is 16.7. The molecule has 38 heavy (non-hydrogen) atoms. The van der Waals surface area contributed by atoms with Crippen LogP contribution >= 0.6 is 15.9 Å². The van der Waals surface area contributed by atoms with Crippen molar-refractivity contribution in [1.82, 2.24) is 9.80 Å². The van der Waals surface area contributed by atoms with Gasteiger partial charge < -0.3 is 19.4 Å². The van der Waals surface area contributed by atoms with E-state index in [1.54, 1.807) is 0 Å². The van der Waals surface area contributed by atoms with Crippen molar-refractivity contribution in [2.45, 2.75) is 77.0 Å². The molecule has 3 aliphatic rings. The zero-order chi connectivity index (χ0) is 26.7. The number of amides is 2. The number of halogens is 1. The number of ether oxygens (including phenoxy) is 1. The Morgan fingerprint density at radius 2 is 1.71 bits per heavy atom. The summed E-state index contributed by atoms with van der Waals surface area (Å²) >= 11 is 3.51. The molecule has 2 aromatic rings. The molecule has 0 radical (unpaired) electrons. The van der Waals surface area contributed by atoms with Crippen LogP contribution in [-0.2, 0) is 16.1 Å². The molecule has 0 bridgehead atoms. The summed E-state index contributed by atoms with van der Waals surface area (Å²) in [5, 5.41) is 0. The molecular formula is C31H40BrN3O3. The Balaban J connectivity index is 1.24. The lowest BCUT2D eigenvalue weighted by molar-refractivity contribution is -0.146. The van der Waals surface area contributed by atoms with E-state index in [-0.39, 0.29) is 17.7 Å². The van der Waals surface area contributed by atoms with Crippen LogP contribution < -0.4 is 9.64 Å². The van der Waals surface area contributed by atoms with Crippen molar-refractivity contribution >= 4 is 33.4 Å². The van der Waals surface area contributed by atoms with Crippen LogP contribution in [0.3, 0.4) is 0 Å². The zero-order valence-corrected chi connectivity index (χ0v) is 24.3. The van der Waals surface area contributed by atoms with Gasteiger partial charge in [-0.15, -0.1) is 0 Å². The van der Waals surface area contributed by atoms with Gasteiger partial charge in [0.2, 0.25) is 5.91 Å². The Kier molecular flexibility index (Phi) is 8.32. The van der Waals surface area contributed by atoms with Gasteiger partial charge in [-0.2, -0.15) is 0 Å². The largest absolute Gasteiger partial charge is 0.478 e. The van der Waals surface area contributed by atoms with Gasteiger partial charge >= 0.3 is 0 Å². The number of hydrogen-bond acceptors (Lipinski definition) is 4. The molecule has 0 aromatic heterocycles. The molecule has 2 heterocycles. The van der Waals surface area contributed by atoms with E-state index in [2.05, 4.69) is 43.9 Å². The summed E-state index contributed by atoms with van der Waals surface area (Å²) < 4.78 is 7.33. The summed E-state index contributed by atoms with van der Waals surface area (Å²) in [6.07, 6.45) is 7.42. The normalized spacial score (nSPS) is 20.2. The maximum absolute atomic E-state index is 13.7. The first kappa shape index (κ1) is 27.0. The Morgan fingerprint density at radius 1 is 0.974 bits per heavy atom. The van der Waals surface area contributed by atoms with Gasteiger partial charge in [0, 0.05) is 55.0 Å². The molecule has 0 spiro atoms. The van der Waals surface area contributed by atoms with E-state index in [0.29, 0.717) is 24.9 Å². The molecule has 2 saturated heterocycles. The second-order valence-electron chi connectivity index (χ2n) is 11.6. The lowest BCUT2D eigenvalue weighted by Crippen LogP contribution is -2.50. The standard InChI is InChI=1S/C31H40BrN3O3/c1-31(2,30(37)33-17-4-3-5-18-33)38-28-10-6-9-27(20-28)34-19-7-8-24(22-34)29(36)35(26-15-16-26)21-23-11-13-25(32)14-12-23/h6,9-14,20,24,26H,3-5,7-8,15-19,21-22H2,1-2H3/t24-/m1/s1. The number of nitrogens with zero attached hydrogens (tertiary/aromatic N) is 3. The Labute approximate surface area is 235 Å². The summed E-state index contributed by atoms with van der Waals surface area (Å²) in [5.41, 5.74) is 1.30. The third-order valence-corrected chi connectivity index (χ3v) is 8.55. The molecule has 1 aliphatic carbocycles. The van der Waals surface area contributed by atoms with Gasteiger partial charge in [-0.3, -0.25) is 9.59 Å². The van der Waals surface area contributed by atoms with Crippen molar-refractivity contribution in [1.29, 1.82) is 0 Å². The van der Waals surface area contributed by atoms with Gasteiger partial charge in [-0.05, 0) is 88.6 Å². The van der Waals surface area contributed by atoms with E-state index < -0.39 is 5.60 Å². The SMILES string of the molecule is CC(C)(Oc1cccc(N2CCC[C@@H](C(=O)N(Cc3ccc(Br)cc3)C3CC3)C2)c1)C(=O)N1CCCCC1. The average molecular weight is 583 g/mol. The van der Waals surface area contributed by atoms with Crippen molar-refractivity contribution in [2.24, 2.45) is 5.92 Å². The van der Waals surface area contributed by atoms with Gasteiger partial charge in [0.15, 0.2) is 5.60 Å². The first-order valence-electron chi connectivity index (χ1n) is 14.2. The van der Waals surface area contributed by atoms with E-state index in [4.69, 9.17) is 4.74 Å². The highest BCUT2D eigenvalue weighted by Gasteiger charge is 2.38. The van der Waals surface area contributed by atoms with E-state index in [1.807, 2.05) is 49.1 Å². The number of rotatable bonds is 8. The lowest BCUT2D eigenvalue weighted by Gasteiger charge is -2.37. The molecule has 5 rings (SSSR count). The predicted molar refractivity (Wildman–Crippen MR) is 154 cm³/mol. The van der Waals surface area contributed by atoms with Crippen LogP contribution in [0.4, 0.5) is 5.69 Å². The van der Waals surface area contributed by atoms with E-state index in [9.17, 15) is 9.59 Å². The highest BCUT2D eigenvalue weighted by Crippen LogP contribution is 2.34. The van der Waals surface area contributed by atoms with Gasteiger partial charge in [0.25, 0.3) is 5.91 Å². The minimum atomic E-state index is -0.922. The van der Waals surface area contributed by atoms with Crippen molar-refractivity contribution < 1.29 is 14.3 Å². The molecule has 204 valence electrons. The fraction of sp³-hybridized carbons (Fsp3) is 0.548. The smallest absolute Gasteiger partial charge is 0.266 e. The molecule has 1 saturated carbocycles. The van der Waals surface area contributed by atoms with Crippen LogP contribution in [0.2, 0.25) is 0 Å². The minimum Gasteiger partial charge on any atom is -0.478 e. The topological polar surface area (TPSA) is 53.1 Å². The first-order chi connectivity index (χ1) is 18.3. The minimum absolute atomic E-state index is 0.0125. The Bertz CT molecular complexity index is 1130. The Hall–Kier alpha value is -2.54. The van der Waals surface area contributed by atoms with Gasteiger partial charge in [-0.1, -0.05) is 34.1 Å². The highest BCUT2D eigenvalue weighted by molar-refractivity contribution is 9.10. The molecule has 1 atom stereocenters. The number of anilines is 1. The average Bonchev–Trinajstić information content (AvgIpc) is 3.78. The highest BCUT2D eigenvalue weighted by atomic mass is 79.9. The van der Waals surface area contributed by atoms with Crippen molar-refractivity contribution in [2.75, 3.05) is 31.1 Å². The molecule has 0 unspecified atom stereocenters. The zero-order valence-electron chi connectivity index (χ0n) is 22.7. The second-order valence-corrected chi connectivity index (χ2v) is 12.5. The fourth-order valence-corrected chi connectivity index (χ4v) is 6.03. The van der Waals surface area contributed by atoms with Crippen LogP contribution in [0.15, 0.2) is 53.0 Å². The maximum atomic E-state index is 13.7. The van der Waals surface area contributed by atoms with Gasteiger partial charge in [-0.25, -0.2) is 0 Å². The van der Waals surface area contributed by atoms with Crippen molar-refractivity contribution in [3.63, 3.8) is 0 Å². The molecule has 2 aromatic carbocycles. The van der Waals surface area contributed by atoms with Crippen LogP contribution in [0, 0.1) is 5.92 Å². The quantitative estimate of drug-likeness (QED) is 0.382. The summed E-state index contributed by atoms with van der Waals surface area (Å²) in [7, 11) is 0. The van der Waals surface area contributed by atoms with Crippen LogP contribution in [0.1, 0.15) is 64.4 Å². The lowest BCUT2D eigenvalue weighted by atomic mass is 9.95. The first-order valence-corrected chi connectivity index (χ1v) is 15.0. The van der Waals surface area contributed by atoms with Crippen LogP contribution in [0.5, 0.6) is 5.75 Å². The van der Waals surface area contributed by atoms with E-state index in [1.165, 1.54) is 12.0 Å².